The summed E-state index contributed by atoms with van der Waals surface area (Å²) in [5.74, 6) is 0.690. The van der Waals surface area contributed by atoms with Crippen molar-refractivity contribution in [1.82, 2.24) is 19.4 Å². The van der Waals surface area contributed by atoms with Crippen molar-refractivity contribution in [3.05, 3.63) is 24.3 Å². The molecule has 0 spiro atoms. The van der Waals surface area contributed by atoms with Crippen LogP contribution in [0.15, 0.2) is 29.2 Å². The van der Waals surface area contributed by atoms with Crippen LogP contribution in [-0.4, -0.2) is 94.4 Å². The first kappa shape index (κ1) is 24.5. The predicted molar refractivity (Wildman–Crippen MR) is 121 cm³/mol. The van der Waals surface area contributed by atoms with Crippen molar-refractivity contribution in [1.29, 1.82) is 0 Å². The van der Waals surface area contributed by atoms with Gasteiger partial charge in [-0.25, -0.2) is 13.1 Å². The minimum absolute atomic E-state index is 0.0272. The summed E-state index contributed by atoms with van der Waals surface area (Å²) in [6.45, 7) is 6.81. The number of benzene rings is 1. The summed E-state index contributed by atoms with van der Waals surface area (Å²) >= 11 is 0. The number of sulfonamides is 1. The second-order valence-corrected chi connectivity index (χ2v) is 10.1. The molecular formula is C22H34N4O5S. The lowest BCUT2D eigenvalue weighted by Crippen LogP contribution is -2.51. The summed E-state index contributed by atoms with van der Waals surface area (Å²) in [5, 5.41) is 0. The van der Waals surface area contributed by atoms with E-state index in [1.165, 1.54) is 12.1 Å². The number of amides is 2. The quantitative estimate of drug-likeness (QED) is 0.608. The maximum Gasteiger partial charge on any atom is 0.240 e. The Hall–Kier alpha value is -2.17. The average molecular weight is 467 g/mol. The van der Waals surface area contributed by atoms with Crippen LogP contribution in [0, 0.1) is 5.92 Å². The van der Waals surface area contributed by atoms with Crippen LogP contribution in [0.25, 0.3) is 0 Å². The Kier molecular flexibility index (Phi) is 8.50. The monoisotopic (exact) mass is 466 g/mol. The minimum atomic E-state index is -3.68. The largest absolute Gasteiger partial charge is 0.494 e. The van der Waals surface area contributed by atoms with Gasteiger partial charge in [0.25, 0.3) is 0 Å². The van der Waals surface area contributed by atoms with Gasteiger partial charge in [0.15, 0.2) is 0 Å². The van der Waals surface area contributed by atoms with Gasteiger partial charge in [0.2, 0.25) is 21.8 Å². The molecule has 0 aliphatic carbocycles. The molecule has 32 heavy (non-hydrogen) atoms. The van der Waals surface area contributed by atoms with E-state index in [4.69, 9.17) is 4.74 Å². The topological polar surface area (TPSA) is 99.3 Å². The van der Waals surface area contributed by atoms with Crippen LogP contribution in [0.4, 0.5) is 0 Å². The highest BCUT2D eigenvalue weighted by Gasteiger charge is 2.31. The fourth-order valence-corrected chi connectivity index (χ4v) is 5.11. The van der Waals surface area contributed by atoms with Crippen molar-refractivity contribution < 1.29 is 22.7 Å². The van der Waals surface area contributed by atoms with Crippen LogP contribution in [0.5, 0.6) is 5.75 Å². The zero-order valence-electron chi connectivity index (χ0n) is 19.0. The van der Waals surface area contributed by atoms with Crippen molar-refractivity contribution in [2.45, 2.75) is 31.1 Å². The molecule has 0 unspecified atom stereocenters. The first-order valence-electron chi connectivity index (χ1n) is 11.3. The van der Waals surface area contributed by atoms with Crippen LogP contribution in [0.3, 0.4) is 0 Å². The number of carbonyl (C=O) groups is 2. The van der Waals surface area contributed by atoms with Crippen molar-refractivity contribution in [3.8, 4) is 5.75 Å². The van der Waals surface area contributed by atoms with Crippen molar-refractivity contribution in [2.24, 2.45) is 5.92 Å². The Balaban J connectivity index is 1.40. The lowest BCUT2D eigenvalue weighted by atomic mass is 9.94. The van der Waals surface area contributed by atoms with Crippen LogP contribution >= 0.6 is 0 Å². The molecule has 0 aromatic heterocycles. The number of nitrogens with zero attached hydrogens (tertiary/aromatic N) is 3. The standard InChI is InChI=1S/C22H34N4O5S/c1-3-31-19-4-6-20(7-5-19)32(29,30)23-11-8-21(27)25-12-9-18(10-13-25)22(28)26-16-14-24(2)15-17-26/h4-7,18,23H,3,8-17H2,1-2H3. The van der Waals surface area contributed by atoms with Gasteiger partial charge in [0.05, 0.1) is 11.5 Å². The Morgan fingerprint density at radius 2 is 1.62 bits per heavy atom. The van der Waals surface area contributed by atoms with Crippen molar-refractivity contribution in [3.63, 3.8) is 0 Å². The van der Waals surface area contributed by atoms with E-state index in [1.807, 2.05) is 11.8 Å². The molecule has 1 aromatic carbocycles. The number of hydrogen-bond donors (Lipinski definition) is 1. The number of piperazine rings is 1. The summed E-state index contributed by atoms with van der Waals surface area (Å²) in [5.41, 5.74) is 0. The van der Waals surface area contributed by atoms with Gasteiger partial charge in [-0.3, -0.25) is 9.59 Å². The van der Waals surface area contributed by atoms with Gasteiger partial charge in [-0.1, -0.05) is 0 Å². The fraction of sp³-hybridized carbons (Fsp3) is 0.636. The Bertz CT molecular complexity index is 874. The van der Waals surface area contributed by atoms with E-state index in [0.29, 0.717) is 38.3 Å². The molecule has 2 heterocycles. The zero-order chi connectivity index (χ0) is 23.1. The van der Waals surface area contributed by atoms with E-state index >= 15 is 0 Å². The number of likely N-dealkylation sites (N-methyl/N-ethyl adjacent to an activating group) is 1. The highest BCUT2D eigenvalue weighted by atomic mass is 32.2. The lowest BCUT2D eigenvalue weighted by Gasteiger charge is -2.37. The maximum atomic E-state index is 12.7. The number of ether oxygens (including phenoxy) is 1. The molecule has 0 radical (unpaired) electrons. The molecule has 3 rings (SSSR count). The number of piperidine rings is 1. The van der Waals surface area contributed by atoms with Crippen LogP contribution in [-0.2, 0) is 19.6 Å². The number of likely N-dealkylation sites (tertiary alicyclic amines) is 1. The fourth-order valence-electron chi connectivity index (χ4n) is 4.08. The molecule has 1 N–H and O–H groups in total. The molecular weight excluding hydrogens is 432 g/mol. The van der Waals surface area contributed by atoms with Gasteiger partial charge in [0.1, 0.15) is 5.75 Å². The summed E-state index contributed by atoms with van der Waals surface area (Å²) in [6.07, 6.45) is 1.41. The van der Waals surface area contributed by atoms with E-state index in [1.54, 1.807) is 17.0 Å². The Morgan fingerprint density at radius 3 is 2.22 bits per heavy atom. The predicted octanol–water partition coefficient (Wildman–Crippen LogP) is 0.766. The third kappa shape index (κ3) is 6.43. The lowest BCUT2D eigenvalue weighted by molar-refractivity contribution is -0.141. The molecule has 10 heteroatoms. The molecule has 2 aliphatic rings. The summed E-state index contributed by atoms with van der Waals surface area (Å²) in [6, 6.07) is 6.18. The minimum Gasteiger partial charge on any atom is -0.494 e. The zero-order valence-corrected chi connectivity index (χ0v) is 19.8. The average Bonchev–Trinajstić information content (AvgIpc) is 2.79. The summed E-state index contributed by atoms with van der Waals surface area (Å²) in [7, 11) is -1.63. The molecule has 0 bridgehead atoms. The number of rotatable bonds is 8. The first-order chi connectivity index (χ1) is 15.3. The Labute approximate surface area is 190 Å². The molecule has 0 saturated carbocycles. The maximum absolute atomic E-state index is 12.7. The van der Waals surface area contributed by atoms with Crippen molar-refractivity contribution in [2.75, 3.05) is 59.5 Å². The first-order valence-corrected chi connectivity index (χ1v) is 12.8. The number of carbonyl (C=O) groups excluding carboxylic acids is 2. The van der Waals surface area contributed by atoms with E-state index in [2.05, 4.69) is 16.7 Å². The van der Waals surface area contributed by atoms with E-state index in [-0.39, 0.29) is 35.6 Å². The second kappa shape index (κ2) is 11.1. The second-order valence-electron chi connectivity index (χ2n) is 8.34. The van der Waals surface area contributed by atoms with E-state index in [9.17, 15) is 18.0 Å². The van der Waals surface area contributed by atoms with Gasteiger partial charge in [-0.15, -0.1) is 0 Å². The van der Waals surface area contributed by atoms with Gasteiger partial charge in [-0.05, 0) is 51.1 Å². The van der Waals surface area contributed by atoms with Gasteiger partial charge < -0.3 is 19.4 Å². The third-order valence-electron chi connectivity index (χ3n) is 6.09. The van der Waals surface area contributed by atoms with Gasteiger partial charge in [-0.2, -0.15) is 0 Å². The molecule has 9 nitrogen and oxygen atoms in total. The summed E-state index contributed by atoms with van der Waals surface area (Å²) in [4.78, 5) is 31.3. The van der Waals surface area contributed by atoms with Crippen LogP contribution in [0.1, 0.15) is 26.2 Å². The Morgan fingerprint density at radius 1 is 1.00 bits per heavy atom. The molecule has 2 amide bonds. The van der Waals surface area contributed by atoms with Gasteiger partial charge in [0, 0.05) is 58.2 Å². The normalized spacial score (nSPS) is 18.6. The molecule has 178 valence electrons. The molecule has 2 aliphatic heterocycles. The number of hydrogen-bond acceptors (Lipinski definition) is 6. The molecule has 2 fully saturated rings. The third-order valence-corrected chi connectivity index (χ3v) is 7.56. The molecule has 2 saturated heterocycles. The summed E-state index contributed by atoms with van der Waals surface area (Å²) < 4.78 is 32.7. The van der Waals surface area contributed by atoms with E-state index < -0.39 is 10.0 Å². The van der Waals surface area contributed by atoms with Crippen molar-refractivity contribution >= 4 is 21.8 Å². The molecule has 1 aromatic rings. The highest BCUT2D eigenvalue weighted by molar-refractivity contribution is 7.89. The van der Waals surface area contributed by atoms with E-state index in [0.717, 1.165) is 26.2 Å². The van der Waals surface area contributed by atoms with Crippen LogP contribution in [0.2, 0.25) is 0 Å². The SMILES string of the molecule is CCOc1ccc(S(=O)(=O)NCCC(=O)N2CCC(C(=O)N3CCN(C)CC3)CC2)cc1. The highest BCUT2D eigenvalue weighted by Crippen LogP contribution is 2.21. The van der Waals surface area contributed by atoms with Gasteiger partial charge >= 0.3 is 0 Å². The smallest absolute Gasteiger partial charge is 0.240 e. The molecule has 0 atom stereocenters. The number of nitrogens with one attached hydrogen (secondary N) is 1. The van der Waals surface area contributed by atoms with Crippen LogP contribution < -0.4 is 9.46 Å².